The van der Waals surface area contributed by atoms with Crippen molar-refractivity contribution in [2.24, 2.45) is 0 Å². The number of pyridine rings is 1. The third-order valence-electron chi connectivity index (χ3n) is 3.29. The number of anilines is 1. The molecule has 0 radical (unpaired) electrons. The molecule has 7 heteroatoms. The summed E-state index contributed by atoms with van der Waals surface area (Å²) >= 11 is 1.47. The number of nitrogens with one attached hydrogen (secondary N) is 2. The summed E-state index contributed by atoms with van der Waals surface area (Å²) in [6.45, 7) is 0. The number of hydrogen-bond donors (Lipinski definition) is 2. The van der Waals surface area contributed by atoms with Crippen LogP contribution in [-0.4, -0.2) is 21.0 Å². The molecule has 114 valence electrons. The fraction of sp³-hybridized carbons (Fsp3) is 0.0625. The summed E-state index contributed by atoms with van der Waals surface area (Å²) in [6.07, 6.45) is 5.23. The topological polar surface area (TPSA) is 86.5 Å². The molecule has 23 heavy (non-hydrogen) atoms. The molecule has 0 amide bonds. The summed E-state index contributed by atoms with van der Waals surface area (Å²) in [6, 6.07) is 12.6. The Labute approximate surface area is 136 Å². The summed E-state index contributed by atoms with van der Waals surface area (Å²) in [7, 11) is 0. The second-order valence-corrected chi connectivity index (χ2v) is 5.34. The molecule has 0 aliphatic rings. The van der Waals surface area contributed by atoms with Gasteiger partial charge in [0.15, 0.2) is 5.82 Å². The lowest BCUT2D eigenvalue weighted by Crippen LogP contribution is -2.16. The molecule has 0 fully saturated rings. The normalized spacial score (nSPS) is 10.3. The van der Waals surface area contributed by atoms with Gasteiger partial charge in [-0.05, 0) is 29.8 Å². The van der Waals surface area contributed by atoms with E-state index in [4.69, 9.17) is 5.26 Å². The Morgan fingerprint density at radius 1 is 1.26 bits per heavy atom. The van der Waals surface area contributed by atoms with Gasteiger partial charge in [0.05, 0.1) is 29.1 Å². The molecule has 3 rings (SSSR count). The van der Waals surface area contributed by atoms with Crippen molar-refractivity contribution in [3.8, 4) is 23.0 Å². The first-order chi connectivity index (χ1) is 11.2. The predicted octanol–water partition coefficient (Wildman–Crippen LogP) is 2.79. The fourth-order valence-corrected chi connectivity index (χ4v) is 2.52. The molecule has 6 nitrogen and oxygen atoms in total. The van der Waals surface area contributed by atoms with Crippen molar-refractivity contribution in [2.45, 2.75) is 0 Å². The van der Waals surface area contributed by atoms with E-state index in [1.165, 1.54) is 16.6 Å². The first-order valence-electron chi connectivity index (χ1n) is 6.79. The highest BCUT2D eigenvalue weighted by molar-refractivity contribution is 7.99. The first kappa shape index (κ1) is 14.9. The highest BCUT2D eigenvalue weighted by Gasteiger charge is 2.10. The van der Waals surface area contributed by atoms with Crippen molar-refractivity contribution in [3.05, 3.63) is 64.7 Å². The van der Waals surface area contributed by atoms with Gasteiger partial charge in [-0.1, -0.05) is 24.1 Å². The third kappa shape index (κ3) is 2.98. The van der Waals surface area contributed by atoms with Crippen molar-refractivity contribution >= 4 is 17.6 Å². The quantitative estimate of drug-likeness (QED) is 0.721. The Morgan fingerprint density at radius 3 is 2.65 bits per heavy atom. The van der Waals surface area contributed by atoms with E-state index in [9.17, 15) is 4.79 Å². The molecule has 0 unspecified atom stereocenters. The van der Waals surface area contributed by atoms with Crippen LogP contribution in [0.3, 0.4) is 0 Å². The van der Waals surface area contributed by atoms with E-state index in [1.807, 2.05) is 12.3 Å². The molecular formula is C16H13N5OS. The van der Waals surface area contributed by atoms with Gasteiger partial charge in [-0.25, -0.2) is 9.67 Å². The van der Waals surface area contributed by atoms with Crippen LogP contribution >= 0.6 is 11.9 Å². The van der Waals surface area contributed by atoms with Crippen molar-refractivity contribution < 1.29 is 0 Å². The monoisotopic (exact) mass is 323 g/mol. The Morgan fingerprint density at radius 2 is 2.04 bits per heavy atom. The number of hydrogen-bond acceptors (Lipinski definition) is 5. The van der Waals surface area contributed by atoms with Gasteiger partial charge in [-0.2, -0.15) is 5.26 Å². The predicted molar refractivity (Wildman–Crippen MR) is 91.5 cm³/mol. The van der Waals surface area contributed by atoms with Crippen LogP contribution in [0.1, 0.15) is 5.56 Å². The van der Waals surface area contributed by atoms with Gasteiger partial charge in [0.25, 0.3) is 5.56 Å². The highest BCUT2D eigenvalue weighted by atomic mass is 32.2. The smallest absolute Gasteiger partial charge is 0.280 e. The largest absolute Gasteiger partial charge is 0.329 e. The number of H-pyrrole nitrogens is 1. The minimum atomic E-state index is -0.187. The maximum Gasteiger partial charge on any atom is 0.280 e. The van der Waals surface area contributed by atoms with E-state index in [0.29, 0.717) is 16.9 Å². The van der Waals surface area contributed by atoms with Crippen LogP contribution < -0.4 is 10.3 Å². The molecule has 0 atom stereocenters. The highest BCUT2D eigenvalue weighted by Crippen LogP contribution is 2.17. The SMILES string of the molecule is CSNc1ccc(-n2[nH]cc(-c3ccc(C#N)cc3)c2=O)nc1. The zero-order valence-electron chi connectivity index (χ0n) is 12.3. The van der Waals surface area contributed by atoms with Crippen molar-refractivity contribution in [2.75, 3.05) is 11.0 Å². The van der Waals surface area contributed by atoms with Crippen LogP contribution in [0.5, 0.6) is 0 Å². The molecule has 0 aliphatic carbocycles. The van der Waals surface area contributed by atoms with Crippen LogP contribution in [0.25, 0.3) is 16.9 Å². The average molecular weight is 323 g/mol. The van der Waals surface area contributed by atoms with Crippen LogP contribution in [-0.2, 0) is 0 Å². The second kappa shape index (κ2) is 6.42. The first-order valence-corrected chi connectivity index (χ1v) is 8.02. The van der Waals surface area contributed by atoms with Gasteiger partial charge in [-0.3, -0.25) is 9.89 Å². The number of nitrogens with zero attached hydrogens (tertiary/aromatic N) is 3. The Bertz CT molecular complexity index is 903. The van der Waals surface area contributed by atoms with Crippen LogP contribution in [0.2, 0.25) is 0 Å². The lowest BCUT2D eigenvalue weighted by Gasteiger charge is -2.03. The van der Waals surface area contributed by atoms with Gasteiger partial charge in [0.1, 0.15) is 0 Å². The molecule has 1 aromatic carbocycles. The zero-order valence-corrected chi connectivity index (χ0v) is 13.1. The molecule has 3 aromatic rings. The Kier molecular flexibility index (Phi) is 4.17. The average Bonchev–Trinajstić information content (AvgIpc) is 2.97. The van der Waals surface area contributed by atoms with Gasteiger partial charge >= 0.3 is 0 Å². The molecule has 0 bridgehead atoms. The maximum absolute atomic E-state index is 12.5. The maximum atomic E-state index is 12.5. The van der Waals surface area contributed by atoms with E-state index >= 15 is 0 Å². The van der Waals surface area contributed by atoms with Crippen LogP contribution in [0, 0.1) is 11.3 Å². The third-order valence-corrected chi connectivity index (χ3v) is 3.73. The summed E-state index contributed by atoms with van der Waals surface area (Å²) in [5.74, 6) is 0.515. The Balaban J connectivity index is 1.95. The van der Waals surface area contributed by atoms with Crippen LogP contribution in [0.15, 0.2) is 53.6 Å². The molecule has 2 aromatic heterocycles. The zero-order chi connectivity index (χ0) is 16.2. The molecule has 2 heterocycles. The molecule has 0 aliphatic heterocycles. The van der Waals surface area contributed by atoms with Gasteiger partial charge in [0.2, 0.25) is 0 Å². The summed E-state index contributed by atoms with van der Waals surface area (Å²) in [5, 5.41) is 11.8. The van der Waals surface area contributed by atoms with Crippen molar-refractivity contribution in [1.29, 1.82) is 5.26 Å². The number of benzene rings is 1. The number of rotatable bonds is 4. The second-order valence-electron chi connectivity index (χ2n) is 4.73. The van der Waals surface area contributed by atoms with Gasteiger partial charge in [0, 0.05) is 12.5 Å². The van der Waals surface area contributed by atoms with Gasteiger partial charge in [-0.15, -0.1) is 0 Å². The van der Waals surface area contributed by atoms with Gasteiger partial charge < -0.3 is 4.72 Å². The van der Waals surface area contributed by atoms with Crippen LogP contribution in [0.4, 0.5) is 5.69 Å². The fourth-order valence-electron chi connectivity index (χ4n) is 2.17. The molecule has 0 spiro atoms. The number of aromatic nitrogens is 3. The van der Waals surface area contributed by atoms with E-state index < -0.39 is 0 Å². The molecular weight excluding hydrogens is 310 g/mol. The minimum absolute atomic E-state index is 0.187. The summed E-state index contributed by atoms with van der Waals surface area (Å²) in [4.78, 5) is 16.8. The Hall–Kier alpha value is -2.98. The van der Waals surface area contributed by atoms with E-state index in [2.05, 4.69) is 20.9 Å². The van der Waals surface area contributed by atoms with Crippen molar-refractivity contribution in [3.63, 3.8) is 0 Å². The molecule has 2 N–H and O–H groups in total. The van der Waals surface area contributed by atoms with E-state index in [0.717, 1.165) is 11.3 Å². The number of aromatic amines is 1. The number of nitriles is 1. The summed E-state index contributed by atoms with van der Waals surface area (Å²) in [5.41, 5.74) is 2.52. The van der Waals surface area contributed by atoms with E-state index in [-0.39, 0.29) is 5.56 Å². The van der Waals surface area contributed by atoms with Crippen molar-refractivity contribution in [1.82, 2.24) is 14.8 Å². The lowest BCUT2D eigenvalue weighted by atomic mass is 10.1. The lowest BCUT2D eigenvalue weighted by molar-refractivity contribution is 0.819. The molecule has 0 saturated heterocycles. The minimum Gasteiger partial charge on any atom is -0.329 e. The summed E-state index contributed by atoms with van der Waals surface area (Å²) < 4.78 is 4.46. The van der Waals surface area contributed by atoms with E-state index in [1.54, 1.807) is 42.7 Å². The standard InChI is InChI=1S/C16H13N5OS/c1-23-20-13-6-7-15(18-9-13)21-16(22)14(10-19-21)12-4-2-11(8-17)3-5-12/h2-7,9-10,19-20H,1H3. The molecule has 0 saturated carbocycles.